The van der Waals surface area contributed by atoms with Crippen LogP contribution in [0.2, 0.25) is 5.02 Å². The first kappa shape index (κ1) is 15.9. The summed E-state index contributed by atoms with van der Waals surface area (Å²) in [6, 6.07) is 10.4. The minimum atomic E-state index is -0.256. The smallest absolute Gasteiger partial charge is 0.255 e. The summed E-state index contributed by atoms with van der Waals surface area (Å²) in [6.45, 7) is 0.694. The minimum Gasteiger partial charge on any atom is -0.492 e. The molecular formula is C16H14ClN5O2. The molecule has 0 aliphatic carbocycles. The highest BCUT2D eigenvalue weighted by Crippen LogP contribution is 2.15. The standard InChI is InChI=1S/C16H14ClN5O2/c17-12-3-5-13(6-4-12)24-9-8-20-16(23)14-2-1-7-19-15(14)22-11-18-10-21-22/h1-7,10-11H,8-9H2,(H,20,23). The largest absolute Gasteiger partial charge is 0.492 e. The van der Waals surface area contributed by atoms with Crippen LogP contribution in [0, 0.1) is 0 Å². The van der Waals surface area contributed by atoms with E-state index in [0.717, 1.165) is 0 Å². The van der Waals surface area contributed by atoms with Crippen LogP contribution < -0.4 is 10.1 Å². The van der Waals surface area contributed by atoms with Crippen molar-refractivity contribution in [1.82, 2.24) is 25.1 Å². The third-order valence-electron chi connectivity index (χ3n) is 3.14. The van der Waals surface area contributed by atoms with Gasteiger partial charge in [-0.05, 0) is 36.4 Å². The van der Waals surface area contributed by atoms with Gasteiger partial charge >= 0.3 is 0 Å². The van der Waals surface area contributed by atoms with Crippen LogP contribution in [-0.4, -0.2) is 38.8 Å². The lowest BCUT2D eigenvalue weighted by Crippen LogP contribution is -2.29. The zero-order valence-electron chi connectivity index (χ0n) is 12.6. The number of benzene rings is 1. The molecule has 0 spiro atoms. The zero-order chi connectivity index (χ0) is 16.8. The fraction of sp³-hybridized carbons (Fsp3) is 0.125. The van der Waals surface area contributed by atoms with Gasteiger partial charge in [0.05, 0.1) is 12.1 Å². The van der Waals surface area contributed by atoms with Crippen LogP contribution in [0.25, 0.3) is 5.82 Å². The molecule has 0 aliphatic rings. The van der Waals surface area contributed by atoms with E-state index in [-0.39, 0.29) is 5.91 Å². The van der Waals surface area contributed by atoms with E-state index in [1.165, 1.54) is 17.3 Å². The molecule has 0 saturated heterocycles. The maximum Gasteiger partial charge on any atom is 0.255 e. The van der Waals surface area contributed by atoms with Gasteiger partial charge in [0.2, 0.25) is 0 Å². The molecule has 0 atom stereocenters. The number of amides is 1. The first-order chi connectivity index (χ1) is 11.7. The van der Waals surface area contributed by atoms with Crippen LogP contribution in [0.3, 0.4) is 0 Å². The molecule has 1 amide bonds. The van der Waals surface area contributed by atoms with Crippen LogP contribution in [0.5, 0.6) is 5.75 Å². The fourth-order valence-electron chi connectivity index (χ4n) is 2.03. The number of pyridine rings is 1. The molecule has 3 rings (SSSR count). The highest BCUT2D eigenvalue weighted by molar-refractivity contribution is 6.30. The number of hydrogen-bond donors (Lipinski definition) is 1. The van der Waals surface area contributed by atoms with Crippen molar-refractivity contribution in [2.45, 2.75) is 0 Å². The first-order valence-electron chi connectivity index (χ1n) is 7.20. The maximum atomic E-state index is 12.3. The number of carbonyl (C=O) groups excluding carboxylic acids is 1. The molecule has 2 heterocycles. The highest BCUT2D eigenvalue weighted by Gasteiger charge is 2.13. The Kier molecular flexibility index (Phi) is 5.02. The van der Waals surface area contributed by atoms with E-state index >= 15 is 0 Å². The SMILES string of the molecule is O=C(NCCOc1ccc(Cl)cc1)c1cccnc1-n1cncn1. The Bertz CT molecular complexity index is 806. The molecule has 0 aliphatic heterocycles. The Balaban J connectivity index is 1.57. The van der Waals surface area contributed by atoms with Crippen molar-refractivity contribution in [1.29, 1.82) is 0 Å². The summed E-state index contributed by atoms with van der Waals surface area (Å²) < 4.78 is 6.98. The summed E-state index contributed by atoms with van der Waals surface area (Å²) in [4.78, 5) is 20.4. The number of halogens is 1. The average molecular weight is 344 g/mol. The van der Waals surface area contributed by atoms with Crippen molar-refractivity contribution >= 4 is 17.5 Å². The number of nitrogens with zero attached hydrogens (tertiary/aromatic N) is 4. The lowest BCUT2D eigenvalue weighted by Gasteiger charge is -2.10. The quantitative estimate of drug-likeness (QED) is 0.693. The summed E-state index contributed by atoms with van der Waals surface area (Å²) in [5, 5.41) is 7.44. The van der Waals surface area contributed by atoms with E-state index in [9.17, 15) is 4.79 Å². The van der Waals surface area contributed by atoms with Crippen molar-refractivity contribution in [3.05, 3.63) is 65.8 Å². The van der Waals surface area contributed by atoms with E-state index in [0.29, 0.717) is 35.3 Å². The van der Waals surface area contributed by atoms with E-state index < -0.39 is 0 Å². The molecule has 2 aromatic heterocycles. The number of aromatic nitrogens is 4. The Morgan fingerprint density at radius 3 is 2.83 bits per heavy atom. The number of carbonyl (C=O) groups is 1. The lowest BCUT2D eigenvalue weighted by atomic mass is 10.2. The molecule has 3 aromatic rings. The van der Waals surface area contributed by atoms with E-state index in [4.69, 9.17) is 16.3 Å². The Labute approximate surface area is 143 Å². The van der Waals surface area contributed by atoms with Gasteiger partial charge in [0.1, 0.15) is 25.0 Å². The van der Waals surface area contributed by atoms with Crippen LogP contribution in [-0.2, 0) is 0 Å². The minimum absolute atomic E-state index is 0.256. The normalized spacial score (nSPS) is 10.4. The van der Waals surface area contributed by atoms with Crippen molar-refractivity contribution in [2.75, 3.05) is 13.2 Å². The third kappa shape index (κ3) is 3.88. The van der Waals surface area contributed by atoms with Gasteiger partial charge in [-0.1, -0.05) is 11.6 Å². The van der Waals surface area contributed by atoms with Gasteiger partial charge in [0.15, 0.2) is 5.82 Å². The Morgan fingerprint density at radius 2 is 2.08 bits per heavy atom. The molecule has 1 aromatic carbocycles. The highest BCUT2D eigenvalue weighted by atomic mass is 35.5. The molecule has 8 heteroatoms. The van der Waals surface area contributed by atoms with Gasteiger partial charge < -0.3 is 10.1 Å². The average Bonchev–Trinajstić information content (AvgIpc) is 3.14. The second-order valence-electron chi connectivity index (χ2n) is 4.77. The lowest BCUT2D eigenvalue weighted by molar-refractivity contribution is 0.0946. The van der Waals surface area contributed by atoms with Crippen LogP contribution in [0.1, 0.15) is 10.4 Å². The van der Waals surface area contributed by atoms with E-state index in [2.05, 4.69) is 20.4 Å². The van der Waals surface area contributed by atoms with Crippen molar-refractivity contribution in [3.8, 4) is 11.6 Å². The summed E-state index contributed by atoms with van der Waals surface area (Å²) in [7, 11) is 0. The van der Waals surface area contributed by atoms with E-state index in [1.54, 1.807) is 42.6 Å². The molecule has 7 nitrogen and oxygen atoms in total. The third-order valence-corrected chi connectivity index (χ3v) is 3.39. The van der Waals surface area contributed by atoms with Gasteiger partial charge in [0, 0.05) is 11.2 Å². The van der Waals surface area contributed by atoms with E-state index in [1.807, 2.05) is 0 Å². The van der Waals surface area contributed by atoms with Crippen molar-refractivity contribution in [3.63, 3.8) is 0 Å². The van der Waals surface area contributed by atoms with Gasteiger partial charge in [-0.15, -0.1) is 0 Å². The summed E-state index contributed by atoms with van der Waals surface area (Å²) in [5.74, 6) is 0.859. The molecular weight excluding hydrogens is 330 g/mol. The monoisotopic (exact) mass is 343 g/mol. The zero-order valence-corrected chi connectivity index (χ0v) is 13.3. The van der Waals surface area contributed by atoms with Crippen molar-refractivity contribution < 1.29 is 9.53 Å². The molecule has 0 fully saturated rings. The van der Waals surface area contributed by atoms with Gasteiger partial charge in [-0.3, -0.25) is 4.79 Å². The molecule has 0 bridgehead atoms. The number of hydrogen-bond acceptors (Lipinski definition) is 5. The predicted molar refractivity (Wildman–Crippen MR) is 88.4 cm³/mol. The Morgan fingerprint density at radius 1 is 1.25 bits per heavy atom. The van der Waals surface area contributed by atoms with Crippen LogP contribution in [0.4, 0.5) is 0 Å². The van der Waals surface area contributed by atoms with Crippen molar-refractivity contribution in [2.24, 2.45) is 0 Å². The number of ether oxygens (including phenoxy) is 1. The van der Waals surface area contributed by atoms with Crippen LogP contribution in [0.15, 0.2) is 55.2 Å². The molecule has 24 heavy (non-hydrogen) atoms. The predicted octanol–water partition coefficient (Wildman–Crippen LogP) is 2.12. The summed E-state index contributed by atoms with van der Waals surface area (Å²) in [6.07, 6.45) is 4.47. The fourth-order valence-corrected chi connectivity index (χ4v) is 2.16. The second-order valence-corrected chi connectivity index (χ2v) is 5.21. The summed E-state index contributed by atoms with van der Waals surface area (Å²) in [5.41, 5.74) is 0.412. The molecule has 0 saturated carbocycles. The second kappa shape index (κ2) is 7.56. The van der Waals surface area contributed by atoms with Gasteiger partial charge in [-0.2, -0.15) is 5.10 Å². The summed E-state index contributed by atoms with van der Waals surface area (Å²) >= 11 is 5.81. The molecule has 0 radical (unpaired) electrons. The van der Waals surface area contributed by atoms with Gasteiger partial charge in [-0.25, -0.2) is 14.6 Å². The number of nitrogens with one attached hydrogen (secondary N) is 1. The molecule has 122 valence electrons. The molecule has 1 N–H and O–H groups in total. The topological polar surface area (TPSA) is 81.9 Å². The van der Waals surface area contributed by atoms with Gasteiger partial charge in [0.25, 0.3) is 5.91 Å². The Hall–Kier alpha value is -2.93. The maximum absolute atomic E-state index is 12.3. The number of rotatable bonds is 6. The molecule has 0 unspecified atom stereocenters. The first-order valence-corrected chi connectivity index (χ1v) is 7.58. The van der Waals surface area contributed by atoms with Crippen LogP contribution >= 0.6 is 11.6 Å².